The first-order chi connectivity index (χ1) is 13.5. The molecule has 0 aliphatic rings. The molecule has 0 amide bonds. The zero-order chi connectivity index (χ0) is 20.4. The van der Waals surface area contributed by atoms with Crippen LogP contribution >= 0.6 is 0 Å². The van der Waals surface area contributed by atoms with Crippen LogP contribution in [0.3, 0.4) is 0 Å². The molecule has 0 saturated heterocycles. The van der Waals surface area contributed by atoms with Crippen LogP contribution in [0.15, 0.2) is 73.9 Å². The van der Waals surface area contributed by atoms with Crippen molar-refractivity contribution in [3.8, 4) is 23.0 Å². The Labute approximate surface area is 164 Å². The van der Waals surface area contributed by atoms with Crippen LogP contribution in [-0.4, -0.2) is 29.2 Å². The minimum Gasteiger partial charge on any atom is -0.504 e. The molecule has 2 aromatic rings. The number of carbonyl (C=O) groups excluding carboxylic acids is 1. The van der Waals surface area contributed by atoms with Crippen molar-refractivity contribution in [2.24, 2.45) is 0 Å². The topological polar surface area (TPSA) is 76.0 Å². The minimum atomic E-state index is -0.219. The average Bonchev–Trinajstić information content (AvgIpc) is 2.70. The molecule has 0 aliphatic carbocycles. The molecule has 0 aliphatic heterocycles. The second kappa shape index (κ2) is 10.4. The van der Waals surface area contributed by atoms with Crippen LogP contribution in [0.4, 0.5) is 0 Å². The fraction of sp³-hybridized carbons (Fsp3) is 0.0870. The molecule has 0 heterocycles. The second-order valence-electron chi connectivity index (χ2n) is 5.72. The number of aromatic hydroxyl groups is 2. The predicted octanol–water partition coefficient (Wildman–Crippen LogP) is 4.52. The quantitative estimate of drug-likeness (QED) is 0.469. The summed E-state index contributed by atoms with van der Waals surface area (Å²) in [4.78, 5) is 12.1. The lowest BCUT2D eigenvalue weighted by Gasteiger charge is -2.06. The van der Waals surface area contributed by atoms with Crippen LogP contribution in [0.5, 0.6) is 23.0 Å². The zero-order valence-electron chi connectivity index (χ0n) is 15.4. The van der Waals surface area contributed by atoms with E-state index in [1.165, 1.54) is 24.3 Å². The van der Waals surface area contributed by atoms with Gasteiger partial charge in [0.1, 0.15) is 13.2 Å². The summed E-state index contributed by atoms with van der Waals surface area (Å²) in [6, 6.07) is 9.61. The van der Waals surface area contributed by atoms with Crippen molar-refractivity contribution in [2.75, 3.05) is 13.2 Å². The van der Waals surface area contributed by atoms with Gasteiger partial charge >= 0.3 is 0 Å². The van der Waals surface area contributed by atoms with Crippen molar-refractivity contribution in [2.45, 2.75) is 0 Å². The molecule has 0 saturated carbocycles. The molecule has 2 rings (SSSR count). The third-order valence-electron chi connectivity index (χ3n) is 3.56. The van der Waals surface area contributed by atoms with Gasteiger partial charge in [0.15, 0.2) is 28.8 Å². The van der Waals surface area contributed by atoms with Gasteiger partial charge in [0.2, 0.25) is 0 Å². The van der Waals surface area contributed by atoms with E-state index in [1.54, 1.807) is 48.6 Å². The van der Waals surface area contributed by atoms with E-state index in [9.17, 15) is 15.0 Å². The summed E-state index contributed by atoms with van der Waals surface area (Å²) < 4.78 is 10.7. The monoisotopic (exact) mass is 378 g/mol. The first kappa shape index (κ1) is 20.6. The van der Waals surface area contributed by atoms with E-state index in [0.29, 0.717) is 22.6 Å². The Bertz CT molecular complexity index is 836. The van der Waals surface area contributed by atoms with Crippen LogP contribution in [-0.2, 0) is 4.79 Å². The van der Waals surface area contributed by atoms with E-state index in [1.807, 2.05) is 0 Å². The first-order valence-electron chi connectivity index (χ1n) is 8.57. The first-order valence-corrected chi connectivity index (χ1v) is 8.57. The van der Waals surface area contributed by atoms with Crippen molar-refractivity contribution in [3.05, 3.63) is 85.0 Å². The molecule has 0 aromatic heterocycles. The number of carbonyl (C=O) groups is 1. The Morgan fingerprint density at radius 1 is 0.821 bits per heavy atom. The third kappa shape index (κ3) is 6.21. The summed E-state index contributed by atoms with van der Waals surface area (Å²) >= 11 is 0. The third-order valence-corrected chi connectivity index (χ3v) is 3.56. The summed E-state index contributed by atoms with van der Waals surface area (Å²) in [7, 11) is 0. The highest BCUT2D eigenvalue weighted by Crippen LogP contribution is 2.28. The van der Waals surface area contributed by atoms with Crippen LogP contribution in [0.2, 0.25) is 0 Å². The summed E-state index contributed by atoms with van der Waals surface area (Å²) in [5.41, 5.74) is 1.42. The Morgan fingerprint density at radius 2 is 1.25 bits per heavy atom. The molecule has 5 heteroatoms. The summed E-state index contributed by atoms with van der Waals surface area (Å²) in [5.74, 6) is 0.463. The van der Waals surface area contributed by atoms with Gasteiger partial charge in [-0.1, -0.05) is 49.6 Å². The van der Waals surface area contributed by atoms with E-state index in [4.69, 9.17) is 9.47 Å². The molecule has 0 bridgehead atoms. The molecule has 5 nitrogen and oxygen atoms in total. The Morgan fingerprint density at radius 3 is 1.64 bits per heavy atom. The lowest BCUT2D eigenvalue weighted by atomic mass is 10.1. The molecule has 0 spiro atoms. The number of benzene rings is 2. The van der Waals surface area contributed by atoms with Crippen molar-refractivity contribution in [1.29, 1.82) is 0 Å². The average molecular weight is 378 g/mol. The number of phenolic OH excluding ortho intramolecular Hbond substituents is 2. The van der Waals surface area contributed by atoms with E-state index in [2.05, 4.69) is 13.2 Å². The Balaban J connectivity index is 2.05. The Hall–Kier alpha value is -3.73. The number of allylic oxidation sites excluding steroid dienone is 2. The van der Waals surface area contributed by atoms with Gasteiger partial charge in [-0.05, 0) is 47.5 Å². The standard InChI is InChI=1S/C23H22O5/c1-3-13-27-22-15-17(7-11-20(22)25)5-9-19(24)10-6-18-8-12-21(26)23(16-18)28-14-4-2/h3-12,15-16,25-26H,1-2,13-14H2/b9-5+,10-6+. The highest BCUT2D eigenvalue weighted by Gasteiger charge is 2.03. The van der Waals surface area contributed by atoms with Gasteiger partial charge in [-0.2, -0.15) is 0 Å². The lowest BCUT2D eigenvalue weighted by Crippen LogP contribution is -1.93. The number of ketones is 1. The number of hydrogen-bond acceptors (Lipinski definition) is 5. The predicted molar refractivity (Wildman–Crippen MR) is 111 cm³/mol. The lowest BCUT2D eigenvalue weighted by molar-refractivity contribution is -0.110. The normalized spacial score (nSPS) is 10.9. The van der Waals surface area contributed by atoms with Crippen LogP contribution in [0.1, 0.15) is 11.1 Å². The number of rotatable bonds is 10. The molecular weight excluding hydrogens is 356 g/mol. The maximum Gasteiger partial charge on any atom is 0.178 e. The second-order valence-corrected chi connectivity index (χ2v) is 5.72. The summed E-state index contributed by atoms with van der Waals surface area (Å²) in [6.07, 6.45) is 9.23. The largest absolute Gasteiger partial charge is 0.504 e. The van der Waals surface area contributed by atoms with Gasteiger partial charge in [0.05, 0.1) is 0 Å². The van der Waals surface area contributed by atoms with Crippen LogP contribution in [0, 0.1) is 0 Å². The van der Waals surface area contributed by atoms with Crippen molar-refractivity contribution < 1.29 is 24.5 Å². The molecule has 144 valence electrons. The fourth-order valence-electron chi connectivity index (χ4n) is 2.21. The number of ether oxygens (including phenoxy) is 2. The summed E-state index contributed by atoms with van der Waals surface area (Å²) in [6.45, 7) is 7.66. The summed E-state index contributed by atoms with van der Waals surface area (Å²) in [5, 5.41) is 19.5. The van der Waals surface area contributed by atoms with Crippen molar-refractivity contribution in [3.63, 3.8) is 0 Å². The Kier molecular flexibility index (Phi) is 7.66. The molecule has 0 fully saturated rings. The van der Waals surface area contributed by atoms with E-state index < -0.39 is 0 Å². The van der Waals surface area contributed by atoms with Crippen molar-refractivity contribution >= 4 is 17.9 Å². The molecule has 28 heavy (non-hydrogen) atoms. The van der Waals surface area contributed by atoms with E-state index >= 15 is 0 Å². The SMILES string of the molecule is C=CCOc1cc(/C=C/C(=O)/C=C/c2ccc(O)c(OCC=C)c2)ccc1O. The van der Waals surface area contributed by atoms with Gasteiger partial charge in [0.25, 0.3) is 0 Å². The van der Waals surface area contributed by atoms with Crippen LogP contribution in [0.25, 0.3) is 12.2 Å². The zero-order valence-corrected chi connectivity index (χ0v) is 15.4. The van der Waals surface area contributed by atoms with Crippen LogP contribution < -0.4 is 9.47 Å². The van der Waals surface area contributed by atoms with E-state index in [0.717, 1.165) is 0 Å². The molecule has 2 aromatic carbocycles. The number of phenols is 2. The fourth-order valence-corrected chi connectivity index (χ4v) is 2.21. The smallest absolute Gasteiger partial charge is 0.178 e. The molecule has 0 atom stereocenters. The maximum atomic E-state index is 12.1. The molecular formula is C23H22O5. The maximum absolute atomic E-state index is 12.1. The van der Waals surface area contributed by atoms with Gasteiger partial charge < -0.3 is 19.7 Å². The molecule has 0 unspecified atom stereocenters. The van der Waals surface area contributed by atoms with Gasteiger partial charge in [-0.3, -0.25) is 4.79 Å². The highest BCUT2D eigenvalue weighted by molar-refractivity contribution is 6.04. The highest BCUT2D eigenvalue weighted by atomic mass is 16.5. The van der Waals surface area contributed by atoms with Crippen molar-refractivity contribution in [1.82, 2.24) is 0 Å². The van der Waals surface area contributed by atoms with Gasteiger partial charge in [-0.15, -0.1) is 0 Å². The van der Waals surface area contributed by atoms with Gasteiger partial charge in [0, 0.05) is 0 Å². The minimum absolute atomic E-state index is 0.0204. The molecule has 2 N–H and O–H groups in total. The number of hydrogen-bond donors (Lipinski definition) is 2. The van der Waals surface area contributed by atoms with Gasteiger partial charge in [-0.25, -0.2) is 0 Å². The van der Waals surface area contributed by atoms with E-state index in [-0.39, 0.29) is 30.5 Å². The molecule has 0 radical (unpaired) electrons.